The molecule has 1 aliphatic carbocycles. The molecule has 118 valence electrons. The van der Waals surface area contributed by atoms with Gasteiger partial charge in [0.25, 0.3) is 5.91 Å². The number of hydrogen-bond donors (Lipinski definition) is 0. The normalized spacial score (nSPS) is 16.1. The second-order valence-electron chi connectivity index (χ2n) is 6.83. The van der Waals surface area contributed by atoms with Gasteiger partial charge in [-0.1, -0.05) is 26.7 Å². The van der Waals surface area contributed by atoms with Crippen LogP contribution >= 0.6 is 15.9 Å². The van der Waals surface area contributed by atoms with Gasteiger partial charge in [0.15, 0.2) is 0 Å². The predicted molar refractivity (Wildman–Crippen MR) is 90.6 cm³/mol. The highest BCUT2D eigenvalue weighted by atomic mass is 79.9. The van der Waals surface area contributed by atoms with Gasteiger partial charge < -0.3 is 9.47 Å². The van der Waals surface area contributed by atoms with Crippen LogP contribution in [-0.2, 0) is 0 Å². The fourth-order valence-corrected chi connectivity index (χ4v) is 3.64. The Morgan fingerprint density at radius 3 is 2.48 bits per heavy atom. The number of hydrogen-bond acceptors (Lipinski definition) is 1. The lowest BCUT2D eigenvalue weighted by Crippen LogP contribution is -2.42. The molecule has 4 heteroatoms. The summed E-state index contributed by atoms with van der Waals surface area (Å²) < 4.78 is 3.06. The molecular formula is C17H27BrN2O. The number of rotatable bonds is 5. The molecule has 0 aliphatic heterocycles. The first-order chi connectivity index (χ1) is 9.90. The highest BCUT2D eigenvalue weighted by molar-refractivity contribution is 9.10. The minimum absolute atomic E-state index is 0.190. The molecule has 1 aromatic heterocycles. The van der Waals surface area contributed by atoms with Gasteiger partial charge in [0.05, 0.1) is 0 Å². The highest BCUT2D eigenvalue weighted by Gasteiger charge is 2.29. The third-order valence-electron chi connectivity index (χ3n) is 4.18. The summed E-state index contributed by atoms with van der Waals surface area (Å²) in [6.45, 7) is 9.46. The maximum Gasteiger partial charge on any atom is 0.270 e. The van der Waals surface area contributed by atoms with Crippen molar-refractivity contribution in [3.63, 3.8) is 0 Å². The molecule has 1 aliphatic rings. The van der Waals surface area contributed by atoms with Crippen LogP contribution in [0.15, 0.2) is 16.7 Å². The smallest absolute Gasteiger partial charge is 0.270 e. The Balaban J connectivity index is 2.28. The molecule has 3 nitrogen and oxygen atoms in total. The second kappa shape index (κ2) is 6.99. The molecule has 1 aromatic rings. The largest absolute Gasteiger partial charge is 0.340 e. The lowest BCUT2D eigenvalue weighted by molar-refractivity contribution is 0.0642. The van der Waals surface area contributed by atoms with E-state index in [1.165, 1.54) is 12.8 Å². The van der Waals surface area contributed by atoms with Gasteiger partial charge in [-0.15, -0.1) is 0 Å². The van der Waals surface area contributed by atoms with Crippen LogP contribution in [0.25, 0.3) is 0 Å². The molecule has 0 saturated heterocycles. The van der Waals surface area contributed by atoms with E-state index in [0.29, 0.717) is 18.0 Å². The van der Waals surface area contributed by atoms with Crippen LogP contribution in [0, 0.1) is 5.92 Å². The molecule has 1 fully saturated rings. The van der Waals surface area contributed by atoms with Crippen molar-refractivity contribution in [1.82, 2.24) is 9.47 Å². The Morgan fingerprint density at radius 2 is 1.95 bits per heavy atom. The Hall–Kier alpha value is -0.770. The van der Waals surface area contributed by atoms with Gasteiger partial charge in [0, 0.05) is 29.3 Å². The molecule has 0 bridgehead atoms. The van der Waals surface area contributed by atoms with Crippen LogP contribution < -0.4 is 0 Å². The lowest BCUT2D eigenvalue weighted by atomic mass is 10.1. The first kappa shape index (κ1) is 16.6. The van der Waals surface area contributed by atoms with Gasteiger partial charge in [-0.2, -0.15) is 0 Å². The van der Waals surface area contributed by atoms with E-state index in [4.69, 9.17) is 0 Å². The van der Waals surface area contributed by atoms with Crippen molar-refractivity contribution >= 4 is 21.8 Å². The van der Waals surface area contributed by atoms with Crippen molar-refractivity contribution in [3.8, 4) is 0 Å². The molecule has 0 spiro atoms. The van der Waals surface area contributed by atoms with Crippen LogP contribution in [0.1, 0.15) is 69.9 Å². The summed E-state index contributed by atoms with van der Waals surface area (Å²) in [5.74, 6) is 0.690. The number of nitrogens with zero attached hydrogens (tertiary/aromatic N) is 2. The van der Waals surface area contributed by atoms with Crippen molar-refractivity contribution in [3.05, 3.63) is 22.4 Å². The van der Waals surface area contributed by atoms with Crippen LogP contribution in [0.3, 0.4) is 0 Å². The highest BCUT2D eigenvalue weighted by Crippen LogP contribution is 2.28. The topological polar surface area (TPSA) is 25.2 Å². The predicted octanol–water partition coefficient (Wildman–Crippen LogP) is 4.87. The number of carbonyl (C=O) groups is 1. The number of halogens is 1. The summed E-state index contributed by atoms with van der Waals surface area (Å²) >= 11 is 3.51. The Bertz CT molecular complexity index is 487. The molecule has 0 aromatic carbocycles. The maximum absolute atomic E-state index is 13.1. The molecule has 1 saturated carbocycles. The first-order valence-corrected chi connectivity index (χ1v) is 8.87. The fourth-order valence-electron chi connectivity index (χ4n) is 3.20. The molecule has 1 amide bonds. The van der Waals surface area contributed by atoms with E-state index < -0.39 is 0 Å². The van der Waals surface area contributed by atoms with Gasteiger partial charge in [0.1, 0.15) is 5.69 Å². The molecule has 0 N–H and O–H groups in total. The van der Waals surface area contributed by atoms with Crippen LogP contribution in [0.4, 0.5) is 0 Å². The van der Waals surface area contributed by atoms with Crippen molar-refractivity contribution < 1.29 is 4.79 Å². The SMILES string of the molecule is CC(C)CN(C(=O)c1cc(Br)cn1C(C)C)C1CCCC1. The molecule has 1 heterocycles. The average molecular weight is 355 g/mol. The minimum Gasteiger partial charge on any atom is -0.340 e. The van der Waals surface area contributed by atoms with Crippen molar-refractivity contribution in [2.24, 2.45) is 5.92 Å². The average Bonchev–Trinajstić information content (AvgIpc) is 3.03. The molecule has 0 atom stereocenters. The minimum atomic E-state index is 0.190. The molecule has 21 heavy (non-hydrogen) atoms. The van der Waals surface area contributed by atoms with Crippen LogP contribution in [0.2, 0.25) is 0 Å². The summed E-state index contributed by atoms with van der Waals surface area (Å²) in [6, 6.07) is 2.68. The zero-order valence-corrected chi connectivity index (χ0v) is 15.2. The van der Waals surface area contributed by atoms with Gasteiger partial charge in [0.2, 0.25) is 0 Å². The third-order valence-corrected chi connectivity index (χ3v) is 4.61. The zero-order chi connectivity index (χ0) is 15.6. The van der Waals surface area contributed by atoms with E-state index in [-0.39, 0.29) is 5.91 Å². The van der Waals surface area contributed by atoms with Gasteiger partial charge in [-0.25, -0.2) is 0 Å². The van der Waals surface area contributed by atoms with E-state index in [1.54, 1.807) is 0 Å². The first-order valence-electron chi connectivity index (χ1n) is 8.08. The number of aromatic nitrogens is 1. The van der Waals surface area contributed by atoms with E-state index in [0.717, 1.165) is 29.6 Å². The lowest BCUT2D eigenvalue weighted by Gasteiger charge is -2.31. The van der Waals surface area contributed by atoms with E-state index in [2.05, 4.69) is 53.1 Å². The summed E-state index contributed by atoms with van der Waals surface area (Å²) in [6.07, 6.45) is 6.83. The van der Waals surface area contributed by atoms with Crippen molar-refractivity contribution in [1.29, 1.82) is 0 Å². The summed E-state index contributed by atoms with van der Waals surface area (Å²) in [5, 5.41) is 0. The summed E-state index contributed by atoms with van der Waals surface area (Å²) in [5.41, 5.74) is 0.810. The Kier molecular flexibility index (Phi) is 5.53. The fraction of sp³-hybridized carbons (Fsp3) is 0.706. The van der Waals surface area contributed by atoms with Crippen molar-refractivity contribution in [2.75, 3.05) is 6.54 Å². The van der Waals surface area contributed by atoms with Crippen molar-refractivity contribution in [2.45, 2.75) is 65.5 Å². The second-order valence-corrected chi connectivity index (χ2v) is 7.75. The third kappa shape index (κ3) is 3.91. The summed E-state index contributed by atoms with van der Waals surface area (Å²) in [7, 11) is 0. The molecule has 0 unspecified atom stereocenters. The van der Waals surface area contributed by atoms with Crippen LogP contribution in [0.5, 0.6) is 0 Å². The van der Waals surface area contributed by atoms with Gasteiger partial charge >= 0.3 is 0 Å². The number of carbonyl (C=O) groups excluding carboxylic acids is 1. The Labute approximate surface area is 136 Å². The van der Waals surface area contributed by atoms with E-state index >= 15 is 0 Å². The monoisotopic (exact) mass is 354 g/mol. The summed E-state index contributed by atoms with van der Waals surface area (Å²) in [4.78, 5) is 15.2. The zero-order valence-electron chi connectivity index (χ0n) is 13.6. The molecule has 0 radical (unpaired) electrons. The molecular weight excluding hydrogens is 328 g/mol. The van der Waals surface area contributed by atoms with Gasteiger partial charge in [-0.05, 0) is 54.6 Å². The quantitative estimate of drug-likeness (QED) is 0.740. The van der Waals surface area contributed by atoms with E-state index in [1.807, 2.05) is 12.3 Å². The Morgan fingerprint density at radius 1 is 1.33 bits per heavy atom. The van der Waals surface area contributed by atoms with Gasteiger partial charge in [-0.3, -0.25) is 4.79 Å². The van der Waals surface area contributed by atoms with Crippen LogP contribution in [-0.4, -0.2) is 28.0 Å². The molecule has 2 rings (SSSR count). The number of amides is 1. The van der Waals surface area contributed by atoms with E-state index in [9.17, 15) is 4.79 Å². The maximum atomic E-state index is 13.1. The standard InChI is InChI=1S/C17H27BrN2O/c1-12(2)10-20(15-7-5-6-8-15)17(21)16-9-14(18)11-19(16)13(3)4/h9,11-13,15H,5-8,10H2,1-4H3.